The summed E-state index contributed by atoms with van der Waals surface area (Å²) in [6.07, 6.45) is 3.97. The summed E-state index contributed by atoms with van der Waals surface area (Å²) < 4.78 is 1.87. The van der Waals surface area contributed by atoms with E-state index in [1.165, 1.54) is 0 Å². The number of hydrogen-bond acceptors (Lipinski definition) is 3. The standard InChI is InChI=1S/C23H24N4O2/c28-22-13-21(17-26(22)15-19-5-2-1-3-6-19)23(29)24-14-18-7-9-20(10-8-18)16-27-12-4-11-25-27/h1-12,21H,13-17H2,(H,24,29)/t21-/m0/s1. The summed E-state index contributed by atoms with van der Waals surface area (Å²) in [5.74, 6) is -0.309. The van der Waals surface area contributed by atoms with Crippen LogP contribution in [0.4, 0.5) is 0 Å². The first-order chi connectivity index (χ1) is 14.2. The Hall–Kier alpha value is -3.41. The van der Waals surface area contributed by atoms with Gasteiger partial charge in [-0.15, -0.1) is 0 Å². The van der Waals surface area contributed by atoms with E-state index in [0.717, 1.165) is 23.2 Å². The predicted octanol–water partition coefficient (Wildman–Crippen LogP) is 2.60. The number of nitrogens with one attached hydrogen (secondary N) is 1. The first-order valence-electron chi connectivity index (χ1n) is 9.82. The molecule has 1 atom stereocenters. The molecule has 3 aromatic rings. The van der Waals surface area contributed by atoms with Gasteiger partial charge in [-0.3, -0.25) is 14.3 Å². The van der Waals surface area contributed by atoms with Gasteiger partial charge in [0.2, 0.25) is 11.8 Å². The van der Waals surface area contributed by atoms with Crippen molar-refractivity contribution in [2.45, 2.75) is 26.1 Å². The fourth-order valence-electron chi connectivity index (χ4n) is 3.58. The van der Waals surface area contributed by atoms with Gasteiger partial charge in [0.25, 0.3) is 0 Å². The Morgan fingerprint density at radius 3 is 2.41 bits per heavy atom. The molecule has 0 saturated carbocycles. The highest BCUT2D eigenvalue weighted by molar-refractivity contribution is 5.89. The van der Waals surface area contributed by atoms with Crippen molar-refractivity contribution in [3.05, 3.63) is 89.7 Å². The largest absolute Gasteiger partial charge is 0.352 e. The van der Waals surface area contributed by atoms with Crippen molar-refractivity contribution in [3.63, 3.8) is 0 Å². The number of rotatable bonds is 7. The Kier molecular flexibility index (Phi) is 5.70. The van der Waals surface area contributed by atoms with Crippen molar-refractivity contribution in [1.29, 1.82) is 0 Å². The second kappa shape index (κ2) is 8.73. The molecule has 0 radical (unpaired) electrons. The third kappa shape index (κ3) is 4.90. The van der Waals surface area contributed by atoms with E-state index < -0.39 is 0 Å². The number of aromatic nitrogens is 2. The summed E-state index contributed by atoms with van der Waals surface area (Å²) in [5.41, 5.74) is 3.27. The van der Waals surface area contributed by atoms with Crippen LogP contribution in [-0.4, -0.2) is 33.0 Å². The lowest BCUT2D eigenvalue weighted by atomic mass is 10.1. The SMILES string of the molecule is O=C(NCc1ccc(Cn2cccn2)cc1)[C@H]1CC(=O)N(Cc2ccccc2)C1. The monoisotopic (exact) mass is 388 g/mol. The van der Waals surface area contributed by atoms with E-state index in [2.05, 4.69) is 10.4 Å². The third-order valence-corrected chi connectivity index (χ3v) is 5.20. The van der Waals surface area contributed by atoms with Crippen LogP contribution in [0.5, 0.6) is 0 Å². The summed E-state index contributed by atoms with van der Waals surface area (Å²) >= 11 is 0. The second-order valence-electron chi connectivity index (χ2n) is 7.40. The molecule has 1 aromatic heterocycles. The van der Waals surface area contributed by atoms with E-state index in [-0.39, 0.29) is 24.2 Å². The highest BCUT2D eigenvalue weighted by Crippen LogP contribution is 2.20. The van der Waals surface area contributed by atoms with Crippen molar-refractivity contribution in [1.82, 2.24) is 20.0 Å². The van der Waals surface area contributed by atoms with Crippen molar-refractivity contribution in [2.24, 2.45) is 5.92 Å². The van der Waals surface area contributed by atoms with E-state index >= 15 is 0 Å². The zero-order valence-corrected chi connectivity index (χ0v) is 16.2. The van der Waals surface area contributed by atoms with Crippen molar-refractivity contribution in [2.75, 3.05) is 6.54 Å². The smallest absolute Gasteiger partial charge is 0.225 e. The topological polar surface area (TPSA) is 67.2 Å². The van der Waals surface area contributed by atoms with Gasteiger partial charge in [0.15, 0.2) is 0 Å². The second-order valence-corrected chi connectivity index (χ2v) is 7.40. The van der Waals surface area contributed by atoms with Crippen LogP contribution in [0.1, 0.15) is 23.1 Å². The molecule has 2 amide bonds. The zero-order chi connectivity index (χ0) is 20.1. The maximum Gasteiger partial charge on any atom is 0.225 e. The summed E-state index contributed by atoms with van der Waals surface area (Å²) in [6, 6.07) is 19.9. The minimum absolute atomic E-state index is 0.0389. The van der Waals surface area contributed by atoms with Crippen molar-refractivity contribution in [3.8, 4) is 0 Å². The lowest BCUT2D eigenvalue weighted by molar-refractivity contribution is -0.129. The Balaban J connectivity index is 1.27. The molecule has 0 bridgehead atoms. The highest BCUT2D eigenvalue weighted by atomic mass is 16.2. The van der Waals surface area contributed by atoms with E-state index in [4.69, 9.17) is 0 Å². The van der Waals surface area contributed by atoms with Gasteiger partial charge in [0, 0.05) is 38.4 Å². The van der Waals surface area contributed by atoms with Gasteiger partial charge >= 0.3 is 0 Å². The molecule has 0 aliphatic carbocycles. The van der Waals surface area contributed by atoms with Crippen molar-refractivity contribution >= 4 is 11.8 Å². The molecular formula is C23H24N4O2. The molecule has 6 heteroatoms. The van der Waals surface area contributed by atoms with Gasteiger partial charge in [-0.25, -0.2) is 0 Å². The molecule has 1 aliphatic heterocycles. The third-order valence-electron chi connectivity index (χ3n) is 5.20. The molecule has 29 heavy (non-hydrogen) atoms. The van der Waals surface area contributed by atoms with Crippen LogP contribution in [0.2, 0.25) is 0 Å². The maximum atomic E-state index is 12.5. The first kappa shape index (κ1) is 18.9. The Labute approximate surface area is 170 Å². The molecule has 1 fully saturated rings. The highest BCUT2D eigenvalue weighted by Gasteiger charge is 2.34. The lowest BCUT2D eigenvalue weighted by Crippen LogP contribution is -2.32. The van der Waals surface area contributed by atoms with Crippen LogP contribution >= 0.6 is 0 Å². The molecular weight excluding hydrogens is 364 g/mol. The van der Waals surface area contributed by atoms with Crippen LogP contribution in [-0.2, 0) is 29.2 Å². The van der Waals surface area contributed by atoms with Crippen LogP contribution in [0.3, 0.4) is 0 Å². The minimum Gasteiger partial charge on any atom is -0.352 e. The average Bonchev–Trinajstić information content (AvgIpc) is 3.38. The van der Waals surface area contributed by atoms with Crippen LogP contribution in [0.25, 0.3) is 0 Å². The van der Waals surface area contributed by atoms with Crippen LogP contribution in [0.15, 0.2) is 73.1 Å². The van der Waals surface area contributed by atoms with Crippen LogP contribution in [0, 0.1) is 5.92 Å². The van der Waals surface area contributed by atoms with E-state index in [9.17, 15) is 9.59 Å². The van der Waals surface area contributed by atoms with Gasteiger partial charge in [0.05, 0.1) is 12.5 Å². The fourth-order valence-corrected chi connectivity index (χ4v) is 3.58. The van der Waals surface area contributed by atoms with Gasteiger partial charge in [0.1, 0.15) is 0 Å². The number of nitrogens with zero attached hydrogens (tertiary/aromatic N) is 3. The summed E-state index contributed by atoms with van der Waals surface area (Å²) in [7, 11) is 0. The number of benzene rings is 2. The van der Waals surface area contributed by atoms with Gasteiger partial charge in [-0.05, 0) is 22.8 Å². The maximum absolute atomic E-state index is 12.5. The number of likely N-dealkylation sites (tertiary alicyclic amines) is 1. The molecule has 2 aromatic carbocycles. The van der Waals surface area contributed by atoms with Gasteiger partial charge in [-0.1, -0.05) is 54.6 Å². The quantitative estimate of drug-likeness (QED) is 0.677. The Morgan fingerprint density at radius 2 is 1.69 bits per heavy atom. The first-order valence-corrected chi connectivity index (χ1v) is 9.82. The molecule has 148 valence electrons. The number of hydrogen-bond donors (Lipinski definition) is 1. The lowest BCUT2D eigenvalue weighted by Gasteiger charge is -2.16. The summed E-state index contributed by atoms with van der Waals surface area (Å²) in [5, 5.41) is 7.18. The van der Waals surface area contributed by atoms with Gasteiger partial charge in [-0.2, -0.15) is 5.10 Å². The predicted molar refractivity (Wildman–Crippen MR) is 110 cm³/mol. The van der Waals surface area contributed by atoms with Gasteiger partial charge < -0.3 is 10.2 Å². The van der Waals surface area contributed by atoms with E-state index in [0.29, 0.717) is 19.6 Å². The minimum atomic E-state index is -0.287. The fraction of sp³-hybridized carbons (Fsp3) is 0.261. The van der Waals surface area contributed by atoms with Crippen molar-refractivity contribution < 1.29 is 9.59 Å². The molecule has 1 saturated heterocycles. The number of carbonyl (C=O) groups is 2. The molecule has 0 unspecified atom stereocenters. The Bertz CT molecular complexity index is 952. The molecule has 6 nitrogen and oxygen atoms in total. The molecule has 1 N–H and O–H groups in total. The molecule has 2 heterocycles. The number of amides is 2. The zero-order valence-electron chi connectivity index (χ0n) is 16.2. The normalized spacial score (nSPS) is 16.2. The number of carbonyl (C=O) groups excluding carboxylic acids is 2. The average molecular weight is 388 g/mol. The molecule has 4 rings (SSSR count). The summed E-state index contributed by atoms with van der Waals surface area (Å²) in [4.78, 5) is 26.6. The molecule has 1 aliphatic rings. The van der Waals surface area contributed by atoms with Crippen LogP contribution < -0.4 is 5.32 Å². The van der Waals surface area contributed by atoms with E-state index in [1.807, 2.05) is 71.5 Å². The summed E-state index contributed by atoms with van der Waals surface area (Å²) in [6.45, 7) is 2.22. The van der Waals surface area contributed by atoms with E-state index in [1.54, 1.807) is 11.1 Å². The molecule has 0 spiro atoms. The Morgan fingerprint density at radius 1 is 0.966 bits per heavy atom.